The molecule has 6 amide bonds. The van der Waals surface area contributed by atoms with Crippen LogP contribution in [0, 0.1) is 11.8 Å². The van der Waals surface area contributed by atoms with Crippen molar-refractivity contribution in [1.82, 2.24) is 26.6 Å². The number of phenols is 1. The molecule has 0 spiro atoms. The molecular formula is C36H51N7O9. The Morgan fingerprint density at radius 1 is 0.635 bits per heavy atom. The number of carboxylic acids is 1. The molecule has 0 aliphatic rings. The van der Waals surface area contributed by atoms with E-state index in [-0.39, 0.29) is 36.8 Å². The first-order valence-electron chi connectivity index (χ1n) is 17.0. The molecule has 2 aromatic carbocycles. The van der Waals surface area contributed by atoms with Gasteiger partial charge in [-0.15, -0.1) is 0 Å². The van der Waals surface area contributed by atoms with E-state index in [1.165, 1.54) is 24.3 Å². The fourth-order valence-corrected chi connectivity index (χ4v) is 5.21. The van der Waals surface area contributed by atoms with E-state index < -0.39 is 84.6 Å². The first kappa shape index (κ1) is 42.7. The van der Waals surface area contributed by atoms with Gasteiger partial charge in [-0.05, 0) is 47.9 Å². The molecule has 0 bridgehead atoms. The van der Waals surface area contributed by atoms with E-state index in [1.807, 2.05) is 27.7 Å². The van der Waals surface area contributed by atoms with Gasteiger partial charge in [0.15, 0.2) is 0 Å². The SMILES string of the molecule is CC(C)C[C@H](NC(=O)CNC(=O)[C@H](Cc1ccccc1)NC(=O)[C@H](CC(=O)O)NC(=O)[C@H](Cc1ccc(O)cc1)NC(=O)[C@@H](N)CC(C)C)C(N)=O. The van der Waals surface area contributed by atoms with Crippen molar-refractivity contribution in [2.24, 2.45) is 23.3 Å². The number of carbonyl (C=O) groups excluding carboxylic acids is 6. The number of nitrogens with one attached hydrogen (secondary N) is 5. The highest BCUT2D eigenvalue weighted by molar-refractivity contribution is 5.97. The van der Waals surface area contributed by atoms with Crippen LogP contribution in [0.3, 0.4) is 0 Å². The zero-order valence-electron chi connectivity index (χ0n) is 29.9. The average molecular weight is 726 g/mol. The predicted octanol–water partition coefficient (Wildman–Crippen LogP) is -0.388. The molecule has 2 aromatic rings. The lowest BCUT2D eigenvalue weighted by Gasteiger charge is -2.26. The van der Waals surface area contributed by atoms with Gasteiger partial charge in [-0.1, -0.05) is 70.2 Å². The second-order valence-electron chi connectivity index (χ2n) is 13.4. The van der Waals surface area contributed by atoms with E-state index in [1.54, 1.807) is 30.3 Å². The van der Waals surface area contributed by atoms with Gasteiger partial charge in [0.25, 0.3) is 0 Å². The first-order valence-corrected chi connectivity index (χ1v) is 17.0. The van der Waals surface area contributed by atoms with E-state index in [4.69, 9.17) is 11.5 Å². The zero-order valence-corrected chi connectivity index (χ0v) is 29.9. The molecule has 0 saturated heterocycles. The molecule has 0 radical (unpaired) electrons. The minimum absolute atomic E-state index is 0.0263. The number of hydrogen-bond acceptors (Lipinski definition) is 9. The van der Waals surface area contributed by atoms with Crippen molar-refractivity contribution < 1.29 is 43.8 Å². The molecule has 0 fully saturated rings. The standard InChI is InChI=1S/C36H51N7O9/c1-20(2)14-25(37)33(49)41-28(17-23-10-12-24(44)13-11-23)35(51)43-29(18-31(46)47)36(52)42-27(16-22-8-6-5-7-9-22)34(50)39-19-30(45)40-26(32(38)48)15-21(3)4/h5-13,20-21,25-29,44H,14-19,37H2,1-4H3,(H2,38,48)(H,39,50)(H,40,45)(H,41,49)(H,42,52)(H,43,51)(H,46,47)/t25-,26-,27-,28-,29-/m0/s1. The van der Waals surface area contributed by atoms with E-state index in [0.29, 0.717) is 17.5 Å². The molecule has 16 nitrogen and oxygen atoms in total. The van der Waals surface area contributed by atoms with Gasteiger partial charge in [0.05, 0.1) is 19.0 Å². The minimum atomic E-state index is -1.70. The van der Waals surface area contributed by atoms with Gasteiger partial charge < -0.3 is 48.3 Å². The lowest BCUT2D eigenvalue weighted by atomic mass is 10.0. The number of aromatic hydroxyl groups is 1. The van der Waals surface area contributed by atoms with Gasteiger partial charge >= 0.3 is 5.97 Å². The van der Waals surface area contributed by atoms with Crippen molar-refractivity contribution in [3.63, 3.8) is 0 Å². The Morgan fingerprint density at radius 3 is 1.67 bits per heavy atom. The molecule has 11 N–H and O–H groups in total. The maximum atomic E-state index is 13.6. The second kappa shape index (κ2) is 21.0. The average Bonchev–Trinajstić information content (AvgIpc) is 3.06. The Morgan fingerprint density at radius 2 is 1.13 bits per heavy atom. The van der Waals surface area contributed by atoms with E-state index in [9.17, 15) is 43.8 Å². The van der Waals surface area contributed by atoms with Crippen LogP contribution in [0.25, 0.3) is 0 Å². The number of benzene rings is 2. The number of hydrogen-bond donors (Lipinski definition) is 9. The molecule has 0 aliphatic carbocycles. The third kappa shape index (κ3) is 15.6. The summed E-state index contributed by atoms with van der Waals surface area (Å²) in [6.07, 6.45) is -0.445. The maximum Gasteiger partial charge on any atom is 0.305 e. The minimum Gasteiger partial charge on any atom is -0.508 e. The Kier molecular flexibility index (Phi) is 17.2. The quantitative estimate of drug-likeness (QED) is 0.0804. The fourth-order valence-electron chi connectivity index (χ4n) is 5.21. The zero-order chi connectivity index (χ0) is 39.0. The van der Waals surface area contributed by atoms with Gasteiger partial charge in [-0.2, -0.15) is 0 Å². The van der Waals surface area contributed by atoms with Gasteiger partial charge in [0, 0.05) is 12.8 Å². The van der Waals surface area contributed by atoms with Crippen molar-refractivity contribution in [3.8, 4) is 5.75 Å². The van der Waals surface area contributed by atoms with Crippen molar-refractivity contribution in [1.29, 1.82) is 0 Å². The maximum absolute atomic E-state index is 13.6. The van der Waals surface area contributed by atoms with Crippen LogP contribution < -0.4 is 38.1 Å². The molecule has 0 unspecified atom stereocenters. The third-order valence-corrected chi connectivity index (χ3v) is 7.81. The number of aliphatic carboxylic acids is 1. The summed E-state index contributed by atoms with van der Waals surface area (Å²) >= 11 is 0. The number of nitrogens with two attached hydrogens (primary N) is 2. The molecule has 0 aliphatic heterocycles. The van der Waals surface area contributed by atoms with Crippen molar-refractivity contribution in [2.45, 2.75) is 90.0 Å². The summed E-state index contributed by atoms with van der Waals surface area (Å²) < 4.78 is 0. The van der Waals surface area contributed by atoms with E-state index >= 15 is 0 Å². The van der Waals surface area contributed by atoms with Gasteiger partial charge in [-0.3, -0.25) is 33.6 Å². The van der Waals surface area contributed by atoms with Crippen LogP contribution in [0.5, 0.6) is 5.75 Å². The number of primary amides is 1. The van der Waals surface area contributed by atoms with Gasteiger partial charge in [0.2, 0.25) is 35.4 Å². The monoisotopic (exact) mass is 725 g/mol. The Balaban J connectivity index is 2.29. The number of carbonyl (C=O) groups is 7. The van der Waals surface area contributed by atoms with Crippen molar-refractivity contribution in [3.05, 3.63) is 65.7 Å². The number of rotatable bonds is 21. The summed E-state index contributed by atoms with van der Waals surface area (Å²) in [5.74, 6) is -6.15. The second-order valence-corrected chi connectivity index (χ2v) is 13.4. The van der Waals surface area contributed by atoms with Crippen LogP contribution in [0.1, 0.15) is 58.1 Å². The molecule has 52 heavy (non-hydrogen) atoms. The lowest BCUT2D eigenvalue weighted by molar-refractivity contribution is -0.141. The van der Waals surface area contributed by atoms with Crippen molar-refractivity contribution in [2.75, 3.05) is 6.54 Å². The van der Waals surface area contributed by atoms with Crippen LogP contribution in [-0.4, -0.2) is 88.4 Å². The molecule has 0 aromatic heterocycles. The van der Waals surface area contributed by atoms with Gasteiger partial charge in [0.1, 0.15) is 29.9 Å². The highest BCUT2D eigenvalue weighted by Crippen LogP contribution is 2.13. The first-order chi connectivity index (χ1) is 24.4. The Bertz CT molecular complexity index is 1530. The summed E-state index contributed by atoms with van der Waals surface area (Å²) in [6.45, 7) is 6.87. The van der Waals surface area contributed by atoms with Crippen molar-refractivity contribution >= 4 is 41.4 Å². The number of carboxylic acid groups (broad SMARTS) is 1. The summed E-state index contributed by atoms with van der Waals surface area (Å²) in [5, 5.41) is 31.7. The summed E-state index contributed by atoms with van der Waals surface area (Å²) in [7, 11) is 0. The topological polar surface area (TPSA) is 272 Å². The highest BCUT2D eigenvalue weighted by atomic mass is 16.4. The molecular weight excluding hydrogens is 674 g/mol. The largest absolute Gasteiger partial charge is 0.508 e. The summed E-state index contributed by atoms with van der Waals surface area (Å²) in [4.78, 5) is 89.8. The highest BCUT2D eigenvalue weighted by Gasteiger charge is 2.32. The summed E-state index contributed by atoms with van der Waals surface area (Å²) in [6, 6.07) is 8.14. The molecule has 284 valence electrons. The van der Waals surface area contributed by atoms with Crippen LogP contribution in [0.2, 0.25) is 0 Å². The normalized spacial score (nSPS) is 13.9. The predicted molar refractivity (Wildman–Crippen MR) is 191 cm³/mol. The van der Waals surface area contributed by atoms with Crippen LogP contribution >= 0.6 is 0 Å². The molecule has 16 heteroatoms. The molecule has 5 atom stereocenters. The molecule has 0 saturated carbocycles. The number of phenolic OH excluding ortho intramolecular Hbond substituents is 1. The van der Waals surface area contributed by atoms with E-state index in [0.717, 1.165) is 0 Å². The molecule has 0 heterocycles. The molecule has 2 rings (SSSR count). The summed E-state index contributed by atoms with van der Waals surface area (Å²) in [5.41, 5.74) is 12.6. The smallest absolute Gasteiger partial charge is 0.305 e. The van der Waals surface area contributed by atoms with Crippen LogP contribution in [-0.2, 0) is 46.4 Å². The van der Waals surface area contributed by atoms with E-state index in [2.05, 4.69) is 26.6 Å². The van der Waals surface area contributed by atoms with Crippen LogP contribution in [0.15, 0.2) is 54.6 Å². The van der Waals surface area contributed by atoms with Crippen LogP contribution in [0.4, 0.5) is 0 Å². The third-order valence-electron chi connectivity index (χ3n) is 7.81. The lowest BCUT2D eigenvalue weighted by Crippen LogP contribution is -2.59. The Hall–Kier alpha value is -5.51. The van der Waals surface area contributed by atoms with Gasteiger partial charge in [-0.25, -0.2) is 0 Å². The number of amides is 6. The fraction of sp³-hybridized carbons (Fsp3) is 0.472. The Labute approximate surface area is 302 Å².